The lowest BCUT2D eigenvalue weighted by Gasteiger charge is -2.18. The second-order valence-corrected chi connectivity index (χ2v) is 4.18. The Balaban J connectivity index is 2.77. The van der Waals surface area contributed by atoms with Gasteiger partial charge in [0.1, 0.15) is 0 Å². The molecule has 72 valence electrons. The van der Waals surface area contributed by atoms with Gasteiger partial charge in [0.05, 0.1) is 0 Å². The molecule has 0 fully saturated rings. The summed E-state index contributed by atoms with van der Waals surface area (Å²) in [7, 11) is 1.97. The van der Waals surface area contributed by atoms with Gasteiger partial charge in [-0.2, -0.15) is 0 Å². The Kier molecular flexibility index (Phi) is 3.88. The van der Waals surface area contributed by atoms with Gasteiger partial charge in [-0.25, -0.2) is 0 Å². The molecule has 0 saturated carbocycles. The third-order valence-electron chi connectivity index (χ3n) is 2.42. The first-order chi connectivity index (χ1) is 6.15. The average Bonchev–Trinajstić information content (AvgIpc) is 2.17. The van der Waals surface area contributed by atoms with Gasteiger partial charge in [0, 0.05) is 28.3 Å². The third kappa shape index (κ3) is 2.78. The summed E-state index contributed by atoms with van der Waals surface area (Å²) in [6, 6.07) is 4.54. The van der Waals surface area contributed by atoms with Crippen molar-refractivity contribution < 1.29 is 0 Å². The van der Waals surface area contributed by atoms with Crippen LogP contribution in [0.15, 0.2) is 22.8 Å². The quantitative estimate of drug-likeness (QED) is 0.882. The fourth-order valence-electron chi connectivity index (χ4n) is 1.16. The van der Waals surface area contributed by atoms with Crippen LogP contribution >= 0.6 is 15.9 Å². The van der Waals surface area contributed by atoms with Crippen LogP contribution in [0.2, 0.25) is 0 Å². The molecule has 2 nitrogen and oxygen atoms in total. The first-order valence-corrected chi connectivity index (χ1v) is 5.23. The summed E-state index contributed by atoms with van der Waals surface area (Å²) < 4.78 is 1.03. The topological polar surface area (TPSA) is 24.9 Å². The van der Waals surface area contributed by atoms with Crippen molar-refractivity contribution in [2.24, 2.45) is 0 Å². The van der Waals surface area contributed by atoms with E-state index in [0.29, 0.717) is 12.0 Å². The molecular weight excluding hydrogens is 228 g/mol. The maximum atomic E-state index is 4.36. The predicted molar refractivity (Wildman–Crippen MR) is 58.9 cm³/mol. The van der Waals surface area contributed by atoms with E-state index in [1.165, 1.54) is 0 Å². The zero-order valence-corrected chi connectivity index (χ0v) is 9.80. The molecule has 0 amide bonds. The van der Waals surface area contributed by atoms with Crippen molar-refractivity contribution >= 4 is 15.9 Å². The molecule has 1 aromatic rings. The van der Waals surface area contributed by atoms with E-state index in [1.807, 2.05) is 19.3 Å². The van der Waals surface area contributed by atoms with E-state index in [1.54, 1.807) is 0 Å². The lowest BCUT2D eigenvalue weighted by molar-refractivity contribution is 0.515. The standard InChI is InChI=1S/C10H15BrN2/c1-7(8(2)12-3)10-5-4-9(11)6-13-10/h4-8,12H,1-3H3. The largest absolute Gasteiger partial charge is 0.317 e. The summed E-state index contributed by atoms with van der Waals surface area (Å²) in [5.41, 5.74) is 1.13. The molecule has 3 heteroatoms. The summed E-state index contributed by atoms with van der Waals surface area (Å²) >= 11 is 3.37. The number of likely N-dealkylation sites (N-methyl/N-ethyl adjacent to an activating group) is 1. The van der Waals surface area contributed by atoms with Gasteiger partial charge < -0.3 is 5.32 Å². The summed E-state index contributed by atoms with van der Waals surface area (Å²) in [5, 5.41) is 3.23. The molecule has 0 spiro atoms. The number of halogens is 1. The highest BCUT2D eigenvalue weighted by molar-refractivity contribution is 9.10. The van der Waals surface area contributed by atoms with Crippen LogP contribution in [0.1, 0.15) is 25.5 Å². The Hall–Kier alpha value is -0.410. The minimum atomic E-state index is 0.443. The molecule has 0 bridgehead atoms. The van der Waals surface area contributed by atoms with Gasteiger partial charge in [0.25, 0.3) is 0 Å². The summed E-state index contributed by atoms with van der Waals surface area (Å²) in [6.45, 7) is 4.34. The number of hydrogen-bond donors (Lipinski definition) is 1. The van der Waals surface area contributed by atoms with E-state index in [0.717, 1.165) is 10.2 Å². The van der Waals surface area contributed by atoms with Crippen LogP contribution in [-0.2, 0) is 0 Å². The highest BCUT2D eigenvalue weighted by atomic mass is 79.9. The first kappa shape index (κ1) is 10.7. The van der Waals surface area contributed by atoms with Crippen LogP contribution in [0.4, 0.5) is 0 Å². The molecule has 2 atom stereocenters. The summed E-state index contributed by atoms with van der Waals surface area (Å²) in [4.78, 5) is 4.36. The zero-order valence-electron chi connectivity index (χ0n) is 8.21. The molecule has 0 aliphatic carbocycles. The molecular formula is C10H15BrN2. The van der Waals surface area contributed by atoms with Crippen LogP contribution in [0, 0.1) is 0 Å². The van der Waals surface area contributed by atoms with Gasteiger partial charge >= 0.3 is 0 Å². The fourth-order valence-corrected chi connectivity index (χ4v) is 1.40. The van der Waals surface area contributed by atoms with Gasteiger partial charge in [0.2, 0.25) is 0 Å². The van der Waals surface area contributed by atoms with E-state index >= 15 is 0 Å². The molecule has 1 rings (SSSR count). The van der Waals surface area contributed by atoms with Crippen LogP contribution in [0.3, 0.4) is 0 Å². The molecule has 0 aromatic carbocycles. The Labute approximate surface area is 87.9 Å². The highest BCUT2D eigenvalue weighted by Gasteiger charge is 2.12. The van der Waals surface area contributed by atoms with Crippen molar-refractivity contribution in [1.82, 2.24) is 10.3 Å². The smallest absolute Gasteiger partial charge is 0.0448 e. The Morgan fingerprint density at radius 3 is 2.54 bits per heavy atom. The normalized spacial score (nSPS) is 15.4. The van der Waals surface area contributed by atoms with Gasteiger partial charge in [-0.3, -0.25) is 4.98 Å². The molecule has 0 aliphatic rings. The number of pyridine rings is 1. The SMILES string of the molecule is CNC(C)C(C)c1ccc(Br)cn1. The van der Waals surface area contributed by atoms with Crippen LogP contribution in [-0.4, -0.2) is 18.1 Å². The monoisotopic (exact) mass is 242 g/mol. The van der Waals surface area contributed by atoms with E-state index in [9.17, 15) is 0 Å². The first-order valence-electron chi connectivity index (χ1n) is 4.44. The average molecular weight is 243 g/mol. The maximum Gasteiger partial charge on any atom is 0.0448 e. The maximum absolute atomic E-state index is 4.36. The molecule has 0 radical (unpaired) electrons. The second kappa shape index (κ2) is 4.72. The molecule has 0 aliphatic heterocycles. The minimum Gasteiger partial charge on any atom is -0.317 e. The molecule has 13 heavy (non-hydrogen) atoms. The number of nitrogens with one attached hydrogen (secondary N) is 1. The fraction of sp³-hybridized carbons (Fsp3) is 0.500. The molecule has 1 N–H and O–H groups in total. The molecule has 1 heterocycles. The van der Waals surface area contributed by atoms with E-state index < -0.39 is 0 Å². The van der Waals surface area contributed by atoms with Crippen LogP contribution in [0.25, 0.3) is 0 Å². The lowest BCUT2D eigenvalue weighted by Crippen LogP contribution is -2.27. The van der Waals surface area contributed by atoms with Crippen molar-refractivity contribution in [2.45, 2.75) is 25.8 Å². The van der Waals surface area contributed by atoms with Crippen molar-refractivity contribution in [1.29, 1.82) is 0 Å². The Morgan fingerprint density at radius 1 is 1.38 bits per heavy atom. The summed E-state index contributed by atoms with van der Waals surface area (Å²) in [5.74, 6) is 0.443. The van der Waals surface area contributed by atoms with E-state index in [2.05, 4.69) is 46.1 Å². The predicted octanol–water partition coefficient (Wildman–Crippen LogP) is 2.56. The van der Waals surface area contributed by atoms with Gasteiger partial charge in [-0.15, -0.1) is 0 Å². The van der Waals surface area contributed by atoms with Crippen molar-refractivity contribution in [3.8, 4) is 0 Å². The molecule has 2 unspecified atom stereocenters. The number of nitrogens with zero attached hydrogens (tertiary/aromatic N) is 1. The number of rotatable bonds is 3. The lowest BCUT2D eigenvalue weighted by atomic mass is 9.99. The number of hydrogen-bond acceptors (Lipinski definition) is 2. The van der Waals surface area contributed by atoms with E-state index in [4.69, 9.17) is 0 Å². The number of aromatic nitrogens is 1. The van der Waals surface area contributed by atoms with Crippen molar-refractivity contribution in [2.75, 3.05) is 7.05 Å². The van der Waals surface area contributed by atoms with Gasteiger partial charge in [0.15, 0.2) is 0 Å². The molecule has 0 saturated heterocycles. The second-order valence-electron chi connectivity index (χ2n) is 3.27. The van der Waals surface area contributed by atoms with Gasteiger partial charge in [-0.05, 0) is 42.0 Å². The third-order valence-corrected chi connectivity index (χ3v) is 2.89. The molecule has 1 aromatic heterocycles. The highest BCUT2D eigenvalue weighted by Crippen LogP contribution is 2.18. The minimum absolute atomic E-state index is 0.443. The summed E-state index contributed by atoms with van der Waals surface area (Å²) in [6.07, 6.45) is 1.84. The Bertz CT molecular complexity index is 258. The van der Waals surface area contributed by atoms with Crippen molar-refractivity contribution in [3.63, 3.8) is 0 Å². The van der Waals surface area contributed by atoms with Crippen LogP contribution in [0.5, 0.6) is 0 Å². The zero-order chi connectivity index (χ0) is 9.84. The van der Waals surface area contributed by atoms with E-state index in [-0.39, 0.29) is 0 Å². The Morgan fingerprint density at radius 2 is 2.08 bits per heavy atom. The van der Waals surface area contributed by atoms with Crippen LogP contribution < -0.4 is 5.32 Å². The van der Waals surface area contributed by atoms with Crippen molar-refractivity contribution in [3.05, 3.63) is 28.5 Å². The van der Waals surface area contributed by atoms with Gasteiger partial charge in [-0.1, -0.05) is 6.92 Å².